The molecular formula is C25H35N5O2. The van der Waals surface area contributed by atoms with Crippen molar-refractivity contribution in [3.05, 3.63) is 54.4 Å². The average molecular weight is 438 g/mol. The molecule has 2 aliphatic heterocycles. The topological polar surface area (TPSA) is 52.2 Å². The molecule has 2 aliphatic rings. The third-order valence-electron chi connectivity index (χ3n) is 6.59. The van der Waals surface area contributed by atoms with Crippen LogP contribution in [0.25, 0.3) is 0 Å². The lowest BCUT2D eigenvalue weighted by Crippen LogP contribution is -2.56. The van der Waals surface area contributed by atoms with Gasteiger partial charge in [-0.25, -0.2) is 0 Å². The number of piperidine rings is 1. The molecule has 3 heterocycles. The Balaban J connectivity index is 1.27. The predicted molar refractivity (Wildman–Crippen MR) is 127 cm³/mol. The number of aromatic nitrogens is 1. The quantitative estimate of drug-likeness (QED) is 0.663. The number of anilines is 1. The Morgan fingerprint density at radius 3 is 2.69 bits per heavy atom. The van der Waals surface area contributed by atoms with Gasteiger partial charge >= 0.3 is 0 Å². The SMILES string of the molecule is COc1ccccc1N1CCN([C@@H]2CCCN(C(=O)CN(C)Cc3cccnc3)C2)CC1. The number of ether oxygens (including phenoxy) is 1. The number of likely N-dealkylation sites (N-methyl/N-ethyl adjacent to an activating group) is 1. The third-order valence-corrected chi connectivity index (χ3v) is 6.59. The Morgan fingerprint density at radius 2 is 1.94 bits per heavy atom. The molecule has 32 heavy (non-hydrogen) atoms. The van der Waals surface area contributed by atoms with E-state index in [0.29, 0.717) is 12.6 Å². The molecule has 2 saturated heterocycles. The van der Waals surface area contributed by atoms with Gasteiger partial charge in [-0.15, -0.1) is 0 Å². The van der Waals surface area contributed by atoms with Crippen molar-refractivity contribution in [3.63, 3.8) is 0 Å². The molecule has 0 radical (unpaired) electrons. The third kappa shape index (κ3) is 5.58. The van der Waals surface area contributed by atoms with E-state index in [4.69, 9.17) is 4.74 Å². The van der Waals surface area contributed by atoms with Crippen LogP contribution in [0, 0.1) is 0 Å². The maximum Gasteiger partial charge on any atom is 0.236 e. The molecule has 1 amide bonds. The number of pyridine rings is 1. The summed E-state index contributed by atoms with van der Waals surface area (Å²) in [6, 6.07) is 12.7. The van der Waals surface area contributed by atoms with E-state index >= 15 is 0 Å². The zero-order valence-corrected chi connectivity index (χ0v) is 19.3. The Morgan fingerprint density at radius 1 is 1.12 bits per heavy atom. The maximum absolute atomic E-state index is 13.0. The summed E-state index contributed by atoms with van der Waals surface area (Å²) < 4.78 is 5.54. The van der Waals surface area contributed by atoms with Gasteiger partial charge in [-0.3, -0.25) is 19.6 Å². The molecule has 2 aromatic rings. The second-order valence-corrected chi connectivity index (χ2v) is 8.86. The second kappa shape index (κ2) is 10.8. The monoisotopic (exact) mass is 437 g/mol. The number of hydrogen-bond donors (Lipinski definition) is 0. The van der Waals surface area contributed by atoms with Crippen LogP contribution >= 0.6 is 0 Å². The van der Waals surface area contributed by atoms with Crippen molar-refractivity contribution in [3.8, 4) is 5.75 Å². The van der Waals surface area contributed by atoms with Gasteiger partial charge in [0.05, 0.1) is 19.3 Å². The highest BCUT2D eigenvalue weighted by atomic mass is 16.5. The smallest absolute Gasteiger partial charge is 0.236 e. The summed E-state index contributed by atoms with van der Waals surface area (Å²) in [4.78, 5) is 26.3. The minimum Gasteiger partial charge on any atom is -0.495 e. The number of piperazine rings is 1. The lowest BCUT2D eigenvalue weighted by Gasteiger charge is -2.44. The van der Waals surface area contributed by atoms with Gasteiger partial charge in [-0.2, -0.15) is 0 Å². The summed E-state index contributed by atoms with van der Waals surface area (Å²) in [5, 5.41) is 0. The molecule has 0 bridgehead atoms. The number of benzene rings is 1. The molecule has 7 heteroatoms. The lowest BCUT2D eigenvalue weighted by molar-refractivity contribution is -0.134. The van der Waals surface area contributed by atoms with Crippen LogP contribution in [0.15, 0.2) is 48.8 Å². The molecule has 1 aromatic heterocycles. The Hall–Kier alpha value is -2.64. The first-order valence-corrected chi connectivity index (χ1v) is 11.6. The van der Waals surface area contributed by atoms with Crippen molar-refractivity contribution in [1.29, 1.82) is 0 Å². The molecule has 0 unspecified atom stereocenters. The van der Waals surface area contributed by atoms with Crippen LogP contribution in [-0.4, -0.2) is 91.6 Å². The standard InChI is InChI=1S/C25H35N5O2/c1-27(18-21-7-5-11-26-17-21)20-25(31)30-12-6-8-22(19-30)28-13-15-29(16-14-28)23-9-3-4-10-24(23)32-2/h3-5,7,9-11,17,22H,6,8,12-16,18-20H2,1-2H3/t22-/m1/s1. The van der Waals surface area contributed by atoms with Crippen molar-refractivity contribution in [2.75, 3.05) is 64.9 Å². The van der Waals surface area contributed by atoms with Crippen molar-refractivity contribution >= 4 is 11.6 Å². The zero-order valence-electron chi connectivity index (χ0n) is 19.3. The fourth-order valence-corrected chi connectivity index (χ4v) is 4.89. The van der Waals surface area contributed by atoms with Crippen LogP contribution in [0.3, 0.4) is 0 Å². The first kappa shape index (κ1) is 22.6. The molecule has 7 nitrogen and oxygen atoms in total. The number of carbonyl (C=O) groups excluding carboxylic acids is 1. The predicted octanol–water partition coefficient (Wildman–Crippen LogP) is 2.34. The average Bonchev–Trinajstić information content (AvgIpc) is 2.84. The van der Waals surface area contributed by atoms with Gasteiger partial charge in [0.2, 0.25) is 5.91 Å². The van der Waals surface area contributed by atoms with Gasteiger partial charge in [0.15, 0.2) is 0 Å². The van der Waals surface area contributed by atoms with E-state index < -0.39 is 0 Å². The second-order valence-electron chi connectivity index (χ2n) is 8.86. The van der Waals surface area contributed by atoms with E-state index in [0.717, 1.165) is 63.5 Å². The van der Waals surface area contributed by atoms with Crippen molar-refractivity contribution in [2.45, 2.75) is 25.4 Å². The van der Waals surface area contributed by atoms with Crippen LogP contribution < -0.4 is 9.64 Å². The van der Waals surface area contributed by atoms with E-state index in [9.17, 15) is 4.79 Å². The highest BCUT2D eigenvalue weighted by molar-refractivity contribution is 5.78. The van der Waals surface area contributed by atoms with Gasteiger partial charge in [0.25, 0.3) is 0 Å². The van der Waals surface area contributed by atoms with Crippen LogP contribution in [0.5, 0.6) is 5.75 Å². The summed E-state index contributed by atoms with van der Waals surface area (Å²) >= 11 is 0. The molecule has 2 fully saturated rings. The number of carbonyl (C=O) groups is 1. The van der Waals surface area contributed by atoms with Crippen LogP contribution in [0.2, 0.25) is 0 Å². The van der Waals surface area contributed by atoms with Crippen molar-refractivity contribution in [2.24, 2.45) is 0 Å². The Bertz CT molecular complexity index is 870. The Kier molecular flexibility index (Phi) is 7.60. The van der Waals surface area contributed by atoms with Crippen molar-refractivity contribution < 1.29 is 9.53 Å². The Labute approximate surface area is 191 Å². The van der Waals surface area contributed by atoms with Crippen LogP contribution in [-0.2, 0) is 11.3 Å². The first-order valence-electron chi connectivity index (χ1n) is 11.6. The van der Waals surface area contributed by atoms with Crippen molar-refractivity contribution in [1.82, 2.24) is 19.7 Å². The molecule has 4 rings (SSSR count). The van der Waals surface area contributed by atoms with E-state index in [1.165, 1.54) is 12.1 Å². The van der Waals surface area contributed by atoms with E-state index in [1.54, 1.807) is 13.3 Å². The van der Waals surface area contributed by atoms with E-state index in [1.807, 2.05) is 31.4 Å². The highest BCUT2D eigenvalue weighted by Gasteiger charge is 2.30. The largest absolute Gasteiger partial charge is 0.495 e. The molecule has 0 N–H and O–H groups in total. The number of amides is 1. The number of likely N-dealkylation sites (tertiary alicyclic amines) is 1. The van der Waals surface area contributed by atoms with Gasteiger partial charge in [0, 0.05) is 64.2 Å². The van der Waals surface area contributed by atoms with E-state index in [2.05, 4.69) is 42.8 Å². The molecular weight excluding hydrogens is 402 g/mol. The summed E-state index contributed by atoms with van der Waals surface area (Å²) in [6.07, 6.45) is 5.89. The summed E-state index contributed by atoms with van der Waals surface area (Å²) in [6.45, 7) is 6.91. The zero-order chi connectivity index (χ0) is 22.3. The normalized spacial score (nSPS) is 19.9. The first-order chi connectivity index (χ1) is 15.6. The fourth-order valence-electron chi connectivity index (χ4n) is 4.89. The summed E-state index contributed by atoms with van der Waals surface area (Å²) in [7, 11) is 3.74. The van der Waals surface area contributed by atoms with Gasteiger partial charge < -0.3 is 14.5 Å². The number of para-hydroxylation sites is 2. The van der Waals surface area contributed by atoms with Gasteiger partial charge in [-0.1, -0.05) is 18.2 Å². The molecule has 1 atom stereocenters. The molecule has 0 aliphatic carbocycles. The molecule has 172 valence electrons. The lowest BCUT2D eigenvalue weighted by atomic mass is 10.0. The fraction of sp³-hybridized carbons (Fsp3) is 0.520. The summed E-state index contributed by atoms with van der Waals surface area (Å²) in [5.41, 5.74) is 2.30. The minimum atomic E-state index is 0.230. The van der Waals surface area contributed by atoms with Crippen LogP contribution in [0.4, 0.5) is 5.69 Å². The van der Waals surface area contributed by atoms with Gasteiger partial charge in [-0.05, 0) is 43.7 Å². The summed E-state index contributed by atoms with van der Waals surface area (Å²) in [5.74, 6) is 1.17. The molecule has 0 spiro atoms. The highest BCUT2D eigenvalue weighted by Crippen LogP contribution is 2.29. The minimum absolute atomic E-state index is 0.230. The van der Waals surface area contributed by atoms with Crippen LogP contribution in [0.1, 0.15) is 18.4 Å². The number of hydrogen-bond acceptors (Lipinski definition) is 6. The van der Waals surface area contributed by atoms with E-state index in [-0.39, 0.29) is 5.91 Å². The maximum atomic E-state index is 13.0. The van der Waals surface area contributed by atoms with Gasteiger partial charge in [0.1, 0.15) is 5.75 Å². The number of nitrogens with zero attached hydrogens (tertiary/aromatic N) is 5. The number of methoxy groups -OCH3 is 1. The molecule has 1 aromatic carbocycles. The number of rotatable bonds is 7. The molecule has 0 saturated carbocycles.